The molecule has 1 spiro atoms. The molecule has 0 aromatic carbocycles. The van der Waals surface area contributed by atoms with Crippen LogP contribution in [0.4, 0.5) is 0 Å². The van der Waals surface area contributed by atoms with E-state index in [2.05, 4.69) is 27.7 Å². The molecule has 3 aliphatic heterocycles. The molecule has 11 nitrogen and oxygen atoms in total. The Morgan fingerprint density at radius 3 is 2.20 bits per heavy atom. The van der Waals surface area contributed by atoms with Gasteiger partial charge in [0.15, 0.2) is 18.2 Å². The number of ether oxygens (including phenoxy) is 7. The lowest BCUT2D eigenvalue weighted by atomic mass is 9.43. The molecule has 3 saturated heterocycles. The maximum absolute atomic E-state index is 13.0. The lowest BCUT2D eigenvalue weighted by Crippen LogP contribution is -2.62. The average Bonchev–Trinajstić information content (AvgIpc) is 3.56. The first-order chi connectivity index (χ1) is 25.6. The second-order valence-electron chi connectivity index (χ2n) is 21.5. The number of rotatable bonds is 6. The van der Waals surface area contributed by atoms with Gasteiger partial charge in [-0.3, -0.25) is 9.59 Å². The summed E-state index contributed by atoms with van der Waals surface area (Å²) in [7, 11) is 1.92. The van der Waals surface area contributed by atoms with Gasteiger partial charge in [-0.2, -0.15) is 0 Å². The van der Waals surface area contributed by atoms with Crippen molar-refractivity contribution in [2.75, 3.05) is 20.3 Å². The molecule has 18 atom stereocenters. The molecule has 3 heterocycles. The summed E-state index contributed by atoms with van der Waals surface area (Å²) in [6.07, 6.45) is 2.94. The van der Waals surface area contributed by atoms with Crippen molar-refractivity contribution in [3.05, 3.63) is 0 Å². The van der Waals surface area contributed by atoms with Crippen LogP contribution in [0.2, 0.25) is 0 Å². The highest BCUT2D eigenvalue weighted by Crippen LogP contribution is 2.72. The van der Waals surface area contributed by atoms with Crippen molar-refractivity contribution in [2.24, 2.45) is 63.1 Å². The highest BCUT2D eigenvalue weighted by Gasteiger charge is 2.72. The first-order valence-electron chi connectivity index (χ1n) is 21.5. The molecule has 4 saturated carbocycles. The van der Waals surface area contributed by atoms with E-state index in [0.29, 0.717) is 41.4 Å². The van der Waals surface area contributed by atoms with Crippen LogP contribution in [-0.2, 0) is 42.7 Å². The van der Waals surface area contributed by atoms with Gasteiger partial charge in [-0.1, -0.05) is 27.7 Å². The standard InChI is InChI=1S/C44H72O11/c1-23-14-17-44(51-21-23)24(2)33-30(55-44)19-29-27-13-12-25-18-26(15-16-42(25,9)28(27)20-32(49-11)43(29,33)10)52-37-35(46)36(54-39(48)41(6,7)8)34(45)31(53-37)22-50-38(47)40(3,4)5/h23-37,45-46H,12-22H2,1-11H3/t23-,24+,25+,26+,27-,28+,29+,30+,31-,32-,33+,34-,35-,36+,37-,42+,43-,44-/m1/s1. The maximum Gasteiger partial charge on any atom is 0.311 e. The van der Waals surface area contributed by atoms with Gasteiger partial charge in [-0.25, -0.2) is 0 Å². The van der Waals surface area contributed by atoms with Crippen molar-refractivity contribution >= 4 is 11.9 Å². The van der Waals surface area contributed by atoms with Crippen molar-refractivity contribution in [3.8, 4) is 0 Å². The van der Waals surface area contributed by atoms with E-state index in [1.54, 1.807) is 41.5 Å². The fourth-order valence-electron chi connectivity index (χ4n) is 12.8. The van der Waals surface area contributed by atoms with Crippen LogP contribution in [0.15, 0.2) is 0 Å². The molecule has 0 amide bonds. The Labute approximate surface area is 329 Å². The smallest absolute Gasteiger partial charge is 0.311 e. The first kappa shape index (κ1) is 41.8. The molecule has 7 fully saturated rings. The Morgan fingerprint density at radius 2 is 1.56 bits per heavy atom. The van der Waals surface area contributed by atoms with E-state index in [1.165, 1.54) is 6.42 Å². The number of hydrogen-bond acceptors (Lipinski definition) is 11. The van der Waals surface area contributed by atoms with Crippen molar-refractivity contribution in [1.29, 1.82) is 0 Å². The predicted octanol–water partition coefficient (Wildman–Crippen LogP) is 6.44. The van der Waals surface area contributed by atoms with Gasteiger partial charge in [0, 0.05) is 30.8 Å². The number of aliphatic hydroxyl groups is 2. The molecule has 7 aliphatic rings. The Balaban J connectivity index is 1.05. The van der Waals surface area contributed by atoms with E-state index in [9.17, 15) is 19.8 Å². The van der Waals surface area contributed by atoms with Gasteiger partial charge < -0.3 is 43.4 Å². The van der Waals surface area contributed by atoms with Gasteiger partial charge in [0.2, 0.25) is 0 Å². The minimum atomic E-state index is -1.42. The van der Waals surface area contributed by atoms with Gasteiger partial charge in [-0.15, -0.1) is 0 Å². The van der Waals surface area contributed by atoms with Gasteiger partial charge >= 0.3 is 11.9 Å². The molecule has 55 heavy (non-hydrogen) atoms. The summed E-state index contributed by atoms with van der Waals surface area (Å²) >= 11 is 0. The first-order valence-corrected chi connectivity index (χ1v) is 21.5. The van der Waals surface area contributed by atoms with Crippen LogP contribution in [0.5, 0.6) is 0 Å². The molecule has 0 aromatic rings. The summed E-state index contributed by atoms with van der Waals surface area (Å²) in [5, 5.41) is 22.8. The molecular weight excluding hydrogens is 704 g/mol. The average molecular weight is 777 g/mol. The molecular formula is C44H72O11. The van der Waals surface area contributed by atoms with Crippen molar-refractivity contribution in [3.63, 3.8) is 0 Å². The van der Waals surface area contributed by atoms with E-state index in [4.69, 9.17) is 33.2 Å². The summed E-state index contributed by atoms with van der Waals surface area (Å²) in [6.45, 7) is 20.6. The molecule has 7 rings (SSSR count). The second-order valence-corrected chi connectivity index (χ2v) is 21.5. The third-order valence-corrected chi connectivity index (χ3v) is 16.1. The number of carbonyl (C=O) groups is 2. The summed E-state index contributed by atoms with van der Waals surface area (Å²) in [5.41, 5.74) is -1.47. The number of hydrogen-bond donors (Lipinski definition) is 2. The molecule has 0 aromatic heterocycles. The van der Waals surface area contributed by atoms with Gasteiger partial charge in [0.1, 0.15) is 24.9 Å². The molecule has 0 bridgehead atoms. The third-order valence-electron chi connectivity index (χ3n) is 16.1. The minimum absolute atomic E-state index is 0.0309. The van der Waals surface area contributed by atoms with Crippen molar-refractivity contribution < 1.29 is 53.0 Å². The molecule has 0 radical (unpaired) electrons. The normalized spacial score (nSPS) is 49.7. The highest BCUT2D eigenvalue weighted by molar-refractivity contribution is 5.76. The number of aliphatic hydroxyl groups excluding tert-OH is 2. The zero-order chi connectivity index (χ0) is 40.0. The zero-order valence-electron chi connectivity index (χ0n) is 35.5. The number of carbonyl (C=O) groups excluding carboxylic acids is 2. The topological polar surface area (TPSA) is 139 Å². The molecule has 11 heteroatoms. The van der Waals surface area contributed by atoms with E-state index < -0.39 is 59.3 Å². The third kappa shape index (κ3) is 7.13. The zero-order valence-corrected chi connectivity index (χ0v) is 35.5. The van der Waals surface area contributed by atoms with E-state index in [-0.39, 0.29) is 35.7 Å². The Bertz CT molecular complexity index is 1410. The summed E-state index contributed by atoms with van der Waals surface area (Å²) in [6, 6.07) is 0. The molecule has 2 N–H and O–H groups in total. The van der Waals surface area contributed by atoms with Crippen LogP contribution >= 0.6 is 0 Å². The number of fused-ring (bicyclic) bond motifs is 7. The molecule has 4 aliphatic carbocycles. The second kappa shape index (κ2) is 14.7. The van der Waals surface area contributed by atoms with Gasteiger partial charge in [0.05, 0.1) is 35.7 Å². The van der Waals surface area contributed by atoms with Crippen LogP contribution in [0.25, 0.3) is 0 Å². The van der Waals surface area contributed by atoms with Gasteiger partial charge in [0.25, 0.3) is 0 Å². The van der Waals surface area contributed by atoms with E-state index in [1.807, 2.05) is 7.11 Å². The van der Waals surface area contributed by atoms with Crippen LogP contribution in [-0.4, -0.2) is 97.3 Å². The molecule has 0 unspecified atom stereocenters. The van der Waals surface area contributed by atoms with Crippen LogP contribution < -0.4 is 0 Å². The van der Waals surface area contributed by atoms with Crippen LogP contribution in [0.1, 0.15) is 127 Å². The quantitative estimate of drug-likeness (QED) is 0.228. The fourth-order valence-corrected chi connectivity index (χ4v) is 12.8. The minimum Gasteiger partial charge on any atom is -0.462 e. The van der Waals surface area contributed by atoms with Crippen molar-refractivity contribution in [2.45, 2.75) is 182 Å². The summed E-state index contributed by atoms with van der Waals surface area (Å²) in [4.78, 5) is 25.6. The predicted molar refractivity (Wildman–Crippen MR) is 203 cm³/mol. The van der Waals surface area contributed by atoms with E-state index >= 15 is 0 Å². The number of esters is 2. The Hall–Kier alpha value is -1.34. The SMILES string of the molecule is CO[C@@H]1C[C@H]2[C@@H](CC[C@H]3C[C@@H](O[C@@H]4O[C@H](COC(=O)C(C)(C)C)[C@@H](O)[C@H](OC(=O)C(C)(C)C)[C@H]4O)CC[C@@]32C)[C@@H]2C[C@@H]3O[C@]4(CC[C@@H](C)CO4)[C@@H](C)[C@@H]3[C@@]12C. The lowest BCUT2D eigenvalue weighted by Gasteiger charge is -2.63. The largest absolute Gasteiger partial charge is 0.462 e. The summed E-state index contributed by atoms with van der Waals surface area (Å²) in [5.74, 6) is 1.96. The van der Waals surface area contributed by atoms with E-state index in [0.717, 1.165) is 58.0 Å². The number of methoxy groups -OCH3 is 1. The Morgan fingerprint density at radius 1 is 0.855 bits per heavy atom. The summed E-state index contributed by atoms with van der Waals surface area (Å²) < 4.78 is 44.2. The van der Waals surface area contributed by atoms with Crippen LogP contribution in [0.3, 0.4) is 0 Å². The van der Waals surface area contributed by atoms with Gasteiger partial charge in [-0.05, 0) is 128 Å². The highest BCUT2D eigenvalue weighted by atomic mass is 16.7. The van der Waals surface area contributed by atoms with Crippen LogP contribution in [0, 0.1) is 63.1 Å². The van der Waals surface area contributed by atoms with Crippen molar-refractivity contribution in [1.82, 2.24) is 0 Å². The maximum atomic E-state index is 13.0. The fraction of sp³-hybridized carbons (Fsp3) is 0.955. The molecule has 314 valence electrons. The monoisotopic (exact) mass is 777 g/mol. The Kier molecular flexibility index (Phi) is 11.2. The lowest BCUT2D eigenvalue weighted by molar-refractivity contribution is -0.319.